The van der Waals surface area contributed by atoms with Crippen molar-refractivity contribution in [3.05, 3.63) is 78.1 Å². The number of nitrogens with one attached hydrogen (secondary N) is 1. The van der Waals surface area contributed by atoms with E-state index in [1.807, 2.05) is 59.5 Å². The van der Waals surface area contributed by atoms with Crippen LogP contribution in [0.3, 0.4) is 0 Å². The molecule has 0 bridgehead atoms. The minimum absolute atomic E-state index is 0.155. The van der Waals surface area contributed by atoms with Gasteiger partial charge >= 0.3 is 0 Å². The highest BCUT2D eigenvalue weighted by Gasteiger charge is 2.03. The van der Waals surface area contributed by atoms with Gasteiger partial charge < -0.3 is 14.8 Å². The summed E-state index contributed by atoms with van der Waals surface area (Å²) in [7, 11) is 3.18. The number of benzene rings is 2. The third-order valence-corrected chi connectivity index (χ3v) is 4.17. The summed E-state index contributed by atoms with van der Waals surface area (Å²) in [5, 5.41) is 7.24. The summed E-state index contributed by atoms with van der Waals surface area (Å²) in [6.45, 7) is 0.533. The molecule has 0 spiro atoms. The Morgan fingerprint density at radius 3 is 2.50 bits per heavy atom. The maximum Gasteiger partial charge on any atom is 0.244 e. The third-order valence-electron chi connectivity index (χ3n) is 4.17. The van der Waals surface area contributed by atoms with Crippen LogP contribution in [0.25, 0.3) is 11.8 Å². The molecule has 0 aliphatic rings. The molecule has 6 nitrogen and oxygen atoms in total. The second-order valence-electron chi connectivity index (χ2n) is 6.15. The summed E-state index contributed by atoms with van der Waals surface area (Å²) >= 11 is 0. The monoisotopic (exact) mass is 377 g/mol. The van der Waals surface area contributed by atoms with Crippen LogP contribution in [0.15, 0.2) is 67.0 Å². The number of ether oxygens (including phenoxy) is 2. The van der Waals surface area contributed by atoms with E-state index in [9.17, 15) is 4.79 Å². The zero-order chi connectivity index (χ0) is 19.8. The quantitative estimate of drug-likeness (QED) is 0.612. The summed E-state index contributed by atoms with van der Waals surface area (Å²) in [6.07, 6.45) is 7.73. The number of aromatic nitrogens is 2. The van der Waals surface area contributed by atoms with Crippen molar-refractivity contribution in [2.75, 3.05) is 20.8 Å². The molecule has 144 valence electrons. The summed E-state index contributed by atoms with van der Waals surface area (Å²) in [4.78, 5) is 12.1. The Bertz CT molecular complexity index is 926. The second kappa shape index (κ2) is 9.41. The zero-order valence-electron chi connectivity index (χ0n) is 16.0. The van der Waals surface area contributed by atoms with Crippen LogP contribution in [0.1, 0.15) is 11.1 Å². The van der Waals surface area contributed by atoms with Gasteiger partial charge in [-0.15, -0.1) is 0 Å². The van der Waals surface area contributed by atoms with Crippen LogP contribution in [-0.4, -0.2) is 36.5 Å². The molecule has 28 heavy (non-hydrogen) atoms. The highest BCUT2D eigenvalue weighted by Crippen LogP contribution is 2.23. The van der Waals surface area contributed by atoms with Gasteiger partial charge in [-0.3, -0.25) is 4.79 Å². The first kappa shape index (κ1) is 19.2. The zero-order valence-corrected chi connectivity index (χ0v) is 16.0. The average molecular weight is 377 g/mol. The van der Waals surface area contributed by atoms with E-state index in [2.05, 4.69) is 10.4 Å². The molecule has 0 atom stereocenters. The van der Waals surface area contributed by atoms with Crippen molar-refractivity contribution >= 4 is 12.0 Å². The van der Waals surface area contributed by atoms with Gasteiger partial charge in [-0.2, -0.15) is 5.10 Å². The van der Waals surface area contributed by atoms with Crippen molar-refractivity contribution in [1.82, 2.24) is 15.1 Å². The van der Waals surface area contributed by atoms with Gasteiger partial charge in [-0.05, 0) is 47.9 Å². The van der Waals surface area contributed by atoms with Crippen LogP contribution in [0.5, 0.6) is 11.5 Å². The highest BCUT2D eigenvalue weighted by molar-refractivity contribution is 5.91. The number of carbonyl (C=O) groups excluding carboxylic acids is 1. The SMILES string of the molecule is COc1cc(/C=C/C(=O)NCCc2cnn(-c3ccccc3)c2)cc(OC)c1. The number of carbonyl (C=O) groups is 1. The predicted molar refractivity (Wildman–Crippen MR) is 109 cm³/mol. The van der Waals surface area contributed by atoms with Crippen LogP contribution >= 0.6 is 0 Å². The number of amides is 1. The molecule has 0 aliphatic carbocycles. The normalized spacial score (nSPS) is 10.8. The van der Waals surface area contributed by atoms with Crippen LogP contribution < -0.4 is 14.8 Å². The molecule has 0 fully saturated rings. The first-order valence-electron chi connectivity index (χ1n) is 8.96. The molecule has 0 radical (unpaired) electrons. The lowest BCUT2D eigenvalue weighted by Gasteiger charge is -2.06. The molecule has 1 N–H and O–H groups in total. The summed E-state index contributed by atoms with van der Waals surface area (Å²) in [6, 6.07) is 15.4. The summed E-state index contributed by atoms with van der Waals surface area (Å²) in [5.74, 6) is 1.20. The minimum Gasteiger partial charge on any atom is -0.497 e. The molecule has 1 heterocycles. The Morgan fingerprint density at radius 2 is 1.82 bits per heavy atom. The predicted octanol–water partition coefficient (Wildman–Crippen LogP) is 3.26. The van der Waals surface area contributed by atoms with Gasteiger partial charge in [-0.25, -0.2) is 4.68 Å². The number of hydrogen-bond acceptors (Lipinski definition) is 4. The van der Waals surface area contributed by atoms with E-state index in [4.69, 9.17) is 9.47 Å². The van der Waals surface area contributed by atoms with Gasteiger partial charge in [0.2, 0.25) is 5.91 Å². The molecule has 3 aromatic rings. The summed E-state index contributed by atoms with van der Waals surface area (Å²) < 4.78 is 12.3. The first-order chi connectivity index (χ1) is 13.7. The smallest absolute Gasteiger partial charge is 0.244 e. The van der Waals surface area contributed by atoms with E-state index >= 15 is 0 Å². The number of nitrogens with zero attached hydrogens (tertiary/aromatic N) is 2. The van der Waals surface area contributed by atoms with Gasteiger partial charge in [0.1, 0.15) is 11.5 Å². The maximum atomic E-state index is 12.1. The maximum absolute atomic E-state index is 12.1. The van der Waals surface area contributed by atoms with Crippen LogP contribution in [-0.2, 0) is 11.2 Å². The third kappa shape index (κ3) is 5.23. The number of methoxy groups -OCH3 is 2. The standard InChI is InChI=1S/C22H23N3O3/c1-27-20-12-17(13-21(14-20)28-2)8-9-22(26)23-11-10-18-15-24-25(16-18)19-6-4-3-5-7-19/h3-9,12-16H,10-11H2,1-2H3,(H,23,26)/b9-8+. The Kier molecular flexibility index (Phi) is 6.46. The Hall–Kier alpha value is -3.54. The van der Waals surface area contributed by atoms with Gasteiger partial charge in [0.05, 0.1) is 26.1 Å². The molecule has 1 amide bonds. The number of para-hydroxylation sites is 1. The van der Waals surface area contributed by atoms with Crippen molar-refractivity contribution < 1.29 is 14.3 Å². The van der Waals surface area contributed by atoms with Crippen molar-refractivity contribution in [2.45, 2.75) is 6.42 Å². The fourth-order valence-corrected chi connectivity index (χ4v) is 2.70. The van der Waals surface area contributed by atoms with Crippen molar-refractivity contribution in [3.63, 3.8) is 0 Å². The lowest BCUT2D eigenvalue weighted by molar-refractivity contribution is -0.116. The van der Waals surface area contributed by atoms with E-state index in [1.54, 1.807) is 26.4 Å². The van der Waals surface area contributed by atoms with E-state index in [0.717, 1.165) is 16.8 Å². The van der Waals surface area contributed by atoms with Crippen molar-refractivity contribution in [2.24, 2.45) is 0 Å². The Morgan fingerprint density at radius 1 is 1.11 bits per heavy atom. The first-order valence-corrected chi connectivity index (χ1v) is 8.96. The van der Waals surface area contributed by atoms with E-state index < -0.39 is 0 Å². The van der Waals surface area contributed by atoms with E-state index in [0.29, 0.717) is 24.5 Å². The molecular weight excluding hydrogens is 354 g/mol. The Balaban J connectivity index is 1.51. The van der Waals surface area contributed by atoms with Gasteiger partial charge in [0.25, 0.3) is 0 Å². The van der Waals surface area contributed by atoms with E-state index in [-0.39, 0.29) is 5.91 Å². The molecule has 0 saturated carbocycles. The molecule has 1 aromatic heterocycles. The molecule has 3 rings (SSSR count). The Labute approximate surface area is 164 Å². The largest absolute Gasteiger partial charge is 0.497 e. The highest BCUT2D eigenvalue weighted by atomic mass is 16.5. The number of rotatable bonds is 8. The molecule has 2 aromatic carbocycles. The number of hydrogen-bond donors (Lipinski definition) is 1. The molecule has 6 heteroatoms. The van der Waals surface area contributed by atoms with Crippen molar-refractivity contribution in [1.29, 1.82) is 0 Å². The van der Waals surface area contributed by atoms with Crippen LogP contribution in [0.4, 0.5) is 0 Å². The minimum atomic E-state index is -0.155. The van der Waals surface area contributed by atoms with Crippen LogP contribution in [0.2, 0.25) is 0 Å². The second-order valence-corrected chi connectivity index (χ2v) is 6.15. The van der Waals surface area contributed by atoms with E-state index in [1.165, 1.54) is 6.08 Å². The average Bonchev–Trinajstić information content (AvgIpc) is 3.21. The van der Waals surface area contributed by atoms with Gasteiger partial charge in [-0.1, -0.05) is 18.2 Å². The molecule has 0 unspecified atom stereocenters. The van der Waals surface area contributed by atoms with Crippen molar-refractivity contribution in [3.8, 4) is 17.2 Å². The van der Waals surface area contributed by atoms with Gasteiger partial charge in [0, 0.05) is 24.9 Å². The lowest BCUT2D eigenvalue weighted by atomic mass is 10.2. The fraction of sp³-hybridized carbons (Fsp3) is 0.182. The van der Waals surface area contributed by atoms with Gasteiger partial charge in [0.15, 0.2) is 0 Å². The van der Waals surface area contributed by atoms with Crippen LogP contribution in [0, 0.1) is 0 Å². The fourth-order valence-electron chi connectivity index (χ4n) is 2.70. The molecular formula is C22H23N3O3. The summed E-state index contributed by atoms with van der Waals surface area (Å²) in [5.41, 5.74) is 2.90. The topological polar surface area (TPSA) is 65.4 Å². The molecule has 0 saturated heterocycles. The molecule has 0 aliphatic heterocycles. The lowest BCUT2D eigenvalue weighted by Crippen LogP contribution is -2.23.